The van der Waals surface area contributed by atoms with Gasteiger partial charge in [-0.2, -0.15) is 0 Å². The molecule has 1 aliphatic rings. The molecule has 0 radical (unpaired) electrons. The standard InChI is InChI=1S/C48H40N4O/c1-48(2,3)37-24-25-49-47(30-37)52-45-21-13-11-19-42(45)43-23-22-39(32-46(43)52)53-40-29-36(34-14-6-4-7-15-34)28-38(31-40)50-26-27-51(33-50)44-20-12-10-18-41(44)35-16-8-5-9-17-35/h4-32H,33H2,1-3H3. The lowest BCUT2D eigenvalue weighted by Crippen LogP contribution is -2.25. The van der Waals surface area contributed by atoms with Crippen LogP contribution < -0.4 is 14.5 Å². The van der Waals surface area contributed by atoms with E-state index in [1.165, 1.54) is 27.8 Å². The van der Waals surface area contributed by atoms with Crippen LogP contribution in [0.1, 0.15) is 26.3 Å². The lowest BCUT2D eigenvalue weighted by molar-refractivity contribution is 0.483. The lowest BCUT2D eigenvalue weighted by atomic mass is 9.88. The van der Waals surface area contributed by atoms with Crippen LogP contribution in [0, 0.1) is 0 Å². The van der Waals surface area contributed by atoms with Gasteiger partial charge >= 0.3 is 0 Å². The minimum absolute atomic E-state index is 0.000953. The van der Waals surface area contributed by atoms with E-state index >= 15 is 0 Å². The average Bonchev–Trinajstić information content (AvgIpc) is 3.82. The largest absolute Gasteiger partial charge is 0.457 e. The van der Waals surface area contributed by atoms with Crippen molar-refractivity contribution in [3.8, 4) is 39.6 Å². The lowest BCUT2D eigenvalue weighted by Gasteiger charge is -2.24. The predicted molar refractivity (Wildman–Crippen MR) is 220 cm³/mol. The molecule has 0 bridgehead atoms. The predicted octanol–water partition coefficient (Wildman–Crippen LogP) is 12.4. The Kier molecular flexibility index (Phi) is 8.04. The zero-order valence-electron chi connectivity index (χ0n) is 30.1. The second-order valence-electron chi connectivity index (χ2n) is 14.6. The first-order valence-corrected chi connectivity index (χ1v) is 18.1. The summed E-state index contributed by atoms with van der Waals surface area (Å²) in [5.41, 5.74) is 10.3. The zero-order valence-corrected chi connectivity index (χ0v) is 30.1. The molecule has 9 rings (SSSR count). The van der Waals surface area contributed by atoms with Crippen LogP contribution in [0.2, 0.25) is 0 Å². The second-order valence-corrected chi connectivity index (χ2v) is 14.6. The third-order valence-electron chi connectivity index (χ3n) is 10.1. The number of para-hydroxylation sites is 2. The number of anilines is 2. The van der Waals surface area contributed by atoms with E-state index in [2.05, 4.69) is 205 Å². The van der Waals surface area contributed by atoms with E-state index in [0.29, 0.717) is 6.67 Å². The van der Waals surface area contributed by atoms with Crippen molar-refractivity contribution in [3.63, 3.8) is 0 Å². The topological polar surface area (TPSA) is 33.5 Å². The number of benzene rings is 6. The summed E-state index contributed by atoms with van der Waals surface area (Å²) in [5, 5.41) is 2.34. The number of aromatic nitrogens is 2. The molecule has 0 saturated carbocycles. The molecule has 53 heavy (non-hydrogen) atoms. The highest BCUT2D eigenvalue weighted by molar-refractivity contribution is 6.09. The first kappa shape index (κ1) is 32.3. The van der Waals surface area contributed by atoms with Crippen LogP contribution >= 0.6 is 0 Å². The van der Waals surface area contributed by atoms with E-state index in [0.717, 1.165) is 50.6 Å². The van der Waals surface area contributed by atoms with E-state index in [4.69, 9.17) is 9.72 Å². The highest BCUT2D eigenvalue weighted by Gasteiger charge is 2.21. The molecule has 1 aliphatic heterocycles. The summed E-state index contributed by atoms with van der Waals surface area (Å²) in [6, 6.07) is 55.4. The van der Waals surface area contributed by atoms with Crippen LogP contribution in [-0.4, -0.2) is 16.2 Å². The molecular formula is C48H40N4O. The van der Waals surface area contributed by atoms with Gasteiger partial charge < -0.3 is 14.5 Å². The zero-order chi connectivity index (χ0) is 35.9. The summed E-state index contributed by atoms with van der Waals surface area (Å²) in [7, 11) is 0. The van der Waals surface area contributed by atoms with Gasteiger partial charge in [-0.05, 0) is 76.2 Å². The van der Waals surface area contributed by atoms with Crippen molar-refractivity contribution in [2.75, 3.05) is 16.5 Å². The van der Waals surface area contributed by atoms with Crippen molar-refractivity contribution in [3.05, 3.63) is 182 Å². The Hall–Kier alpha value is -6.59. The van der Waals surface area contributed by atoms with Crippen molar-refractivity contribution in [1.29, 1.82) is 0 Å². The van der Waals surface area contributed by atoms with E-state index in [1.54, 1.807) is 0 Å². The summed E-state index contributed by atoms with van der Waals surface area (Å²) in [5.74, 6) is 2.43. The quantitative estimate of drug-likeness (QED) is 0.167. The normalized spacial score (nSPS) is 13.0. The second kappa shape index (κ2) is 13.2. The van der Waals surface area contributed by atoms with Crippen LogP contribution in [0.5, 0.6) is 11.5 Å². The SMILES string of the molecule is CC(C)(C)c1ccnc(-n2c3ccccc3c3ccc(Oc4cc(-c5ccccc5)cc(N5C=CN(c6ccccc6-c6ccccc6)C5)c4)cc32)c1. The average molecular weight is 689 g/mol. The maximum Gasteiger partial charge on any atom is 0.137 e. The summed E-state index contributed by atoms with van der Waals surface area (Å²) in [6.07, 6.45) is 6.23. The molecular weight excluding hydrogens is 649 g/mol. The molecule has 0 atom stereocenters. The fourth-order valence-electron chi connectivity index (χ4n) is 7.34. The van der Waals surface area contributed by atoms with Gasteiger partial charge in [-0.25, -0.2) is 4.98 Å². The van der Waals surface area contributed by atoms with Gasteiger partial charge in [-0.1, -0.05) is 118 Å². The minimum atomic E-state index is -0.000953. The maximum absolute atomic E-state index is 6.80. The Balaban J connectivity index is 1.10. The molecule has 3 heterocycles. The monoisotopic (exact) mass is 688 g/mol. The fourth-order valence-corrected chi connectivity index (χ4v) is 7.34. The molecule has 6 aromatic carbocycles. The summed E-state index contributed by atoms with van der Waals surface area (Å²) in [6.45, 7) is 7.39. The van der Waals surface area contributed by atoms with Crippen molar-refractivity contribution < 1.29 is 4.74 Å². The Bertz CT molecular complexity index is 2620. The number of fused-ring (bicyclic) bond motifs is 3. The minimum Gasteiger partial charge on any atom is -0.457 e. The smallest absolute Gasteiger partial charge is 0.137 e. The van der Waals surface area contributed by atoms with Crippen molar-refractivity contribution in [2.24, 2.45) is 0 Å². The molecule has 0 aliphatic carbocycles. The van der Waals surface area contributed by atoms with E-state index in [9.17, 15) is 0 Å². The number of ether oxygens (including phenoxy) is 1. The molecule has 5 heteroatoms. The first-order chi connectivity index (χ1) is 25.9. The molecule has 258 valence electrons. The maximum atomic E-state index is 6.80. The molecule has 2 aromatic heterocycles. The van der Waals surface area contributed by atoms with Crippen LogP contribution in [0.4, 0.5) is 11.4 Å². The van der Waals surface area contributed by atoms with Crippen molar-refractivity contribution in [1.82, 2.24) is 9.55 Å². The molecule has 8 aromatic rings. The molecule has 0 spiro atoms. The Labute approximate surface area is 310 Å². The number of nitrogens with zero attached hydrogens (tertiary/aromatic N) is 4. The van der Waals surface area contributed by atoms with E-state index in [-0.39, 0.29) is 5.41 Å². The summed E-state index contributed by atoms with van der Waals surface area (Å²) >= 11 is 0. The molecule has 0 fully saturated rings. The number of pyridine rings is 1. The first-order valence-electron chi connectivity index (χ1n) is 18.1. The van der Waals surface area contributed by atoms with Crippen LogP contribution in [0.15, 0.2) is 176 Å². The van der Waals surface area contributed by atoms with Gasteiger partial charge in [0.2, 0.25) is 0 Å². The molecule has 0 amide bonds. The molecule has 0 N–H and O–H groups in total. The van der Waals surface area contributed by atoms with Gasteiger partial charge in [0.1, 0.15) is 17.3 Å². The Morgan fingerprint density at radius 1 is 0.547 bits per heavy atom. The molecule has 0 saturated heterocycles. The van der Waals surface area contributed by atoms with Gasteiger partial charge in [-0.3, -0.25) is 4.57 Å². The highest BCUT2D eigenvalue weighted by atomic mass is 16.5. The van der Waals surface area contributed by atoms with E-state index in [1.807, 2.05) is 6.20 Å². The van der Waals surface area contributed by atoms with Gasteiger partial charge in [0, 0.05) is 52.8 Å². The van der Waals surface area contributed by atoms with Gasteiger partial charge in [-0.15, -0.1) is 0 Å². The molecule has 5 nitrogen and oxygen atoms in total. The third kappa shape index (κ3) is 6.21. The van der Waals surface area contributed by atoms with Crippen LogP contribution in [-0.2, 0) is 5.41 Å². The van der Waals surface area contributed by atoms with Gasteiger partial charge in [0.05, 0.1) is 23.4 Å². The van der Waals surface area contributed by atoms with Crippen molar-refractivity contribution in [2.45, 2.75) is 26.2 Å². The van der Waals surface area contributed by atoms with Crippen LogP contribution in [0.3, 0.4) is 0 Å². The Morgan fingerprint density at radius 3 is 2.06 bits per heavy atom. The van der Waals surface area contributed by atoms with Gasteiger partial charge in [0.15, 0.2) is 0 Å². The van der Waals surface area contributed by atoms with Gasteiger partial charge in [0.25, 0.3) is 0 Å². The van der Waals surface area contributed by atoms with E-state index < -0.39 is 0 Å². The third-order valence-corrected chi connectivity index (χ3v) is 10.1. The highest BCUT2D eigenvalue weighted by Crippen LogP contribution is 2.39. The number of hydrogen-bond donors (Lipinski definition) is 0. The molecule has 0 unspecified atom stereocenters. The van der Waals surface area contributed by atoms with Crippen LogP contribution in [0.25, 0.3) is 49.9 Å². The Morgan fingerprint density at radius 2 is 1.25 bits per heavy atom. The summed E-state index contributed by atoms with van der Waals surface area (Å²) in [4.78, 5) is 9.44. The fraction of sp³-hybridized carbons (Fsp3) is 0.104. The van der Waals surface area contributed by atoms with Crippen molar-refractivity contribution >= 4 is 33.2 Å². The number of hydrogen-bond acceptors (Lipinski definition) is 4. The summed E-state index contributed by atoms with van der Waals surface area (Å²) < 4.78 is 9.06. The number of rotatable bonds is 7.